The Hall–Kier alpha value is -4.78. The number of benzene rings is 3. The highest BCUT2D eigenvalue weighted by Crippen LogP contribution is 2.64. The summed E-state index contributed by atoms with van der Waals surface area (Å²) in [6.45, 7) is 0. The molecule has 7 heteroatoms. The van der Waals surface area contributed by atoms with Crippen LogP contribution in [0.2, 0.25) is 0 Å². The molecule has 0 radical (unpaired) electrons. The van der Waals surface area contributed by atoms with E-state index in [1.54, 1.807) is 12.1 Å². The molecule has 2 fully saturated rings. The number of allylic oxidation sites excluding steroid dienone is 4. The third kappa shape index (κ3) is 3.73. The molecule has 1 N–H and O–H groups in total. The molecule has 6 atom stereocenters. The Bertz CT molecular complexity index is 1740. The number of rotatable bonds is 4. The van der Waals surface area contributed by atoms with E-state index < -0.39 is 35.0 Å². The SMILES string of the molecule is COc1ccc(O)c([C@H]2C3=CC[C@@H]4C(=O)N(C)C(=O)[C@@H]4[C@@H]3C[C@H]3C(=O)C(c4ccccc4)=CC(=O)[C@@]23c2ccccc2)c1. The fourth-order valence-electron chi connectivity index (χ4n) is 8.27. The van der Waals surface area contributed by atoms with Gasteiger partial charge in [-0.2, -0.15) is 0 Å². The summed E-state index contributed by atoms with van der Waals surface area (Å²) in [5, 5.41) is 11.4. The molecule has 3 aliphatic carbocycles. The smallest absolute Gasteiger partial charge is 0.233 e. The summed E-state index contributed by atoms with van der Waals surface area (Å²) < 4.78 is 5.55. The van der Waals surface area contributed by atoms with E-state index in [1.807, 2.05) is 66.7 Å². The number of phenols is 1. The number of imide groups is 1. The van der Waals surface area contributed by atoms with Crippen molar-refractivity contribution in [2.45, 2.75) is 24.2 Å². The molecule has 43 heavy (non-hydrogen) atoms. The molecule has 0 aromatic heterocycles. The molecule has 1 aliphatic heterocycles. The molecule has 0 spiro atoms. The molecular weight excluding hydrogens is 542 g/mol. The molecule has 216 valence electrons. The summed E-state index contributed by atoms with van der Waals surface area (Å²) >= 11 is 0. The number of carbonyl (C=O) groups excluding carboxylic acids is 4. The molecule has 1 saturated heterocycles. The Labute approximate surface area is 249 Å². The summed E-state index contributed by atoms with van der Waals surface area (Å²) in [6, 6.07) is 23.4. The number of nitrogens with zero attached hydrogens (tertiary/aromatic N) is 1. The predicted octanol–water partition coefficient (Wildman–Crippen LogP) is 4.86. The van der Waals surface area contributed by atoms with Crippen molar-refractivity contribution in [3.8, 4) is 11.5 Å². The van der Waals surface area contributed by atoms with Crippen molar-refractivity contribution in [2.24, 2.45) is 23.7 Å². The lowest BCUT2D eigenvalue weighted by molar-refractivity contribution is -0.139. The minimum atomic E-state index is -1.40. The number of ether oxygens (including phenoxy) is 1. The van der Waals surface area contributed by atoms with E-state index in [4.69, 9.17) is 4.74 Å². The van der Waals surface area contributed by atoms with Gasteiger partial charge in [-0.15, -0.1) is 0 Å². The standard InChI is InChI=1S/C36H31NO6/c1-37-34(41)24-15-14-23-26(31(24)35(37)42)18-28-33(40)25(20-9-5-3-6-10-20)19-30(39)36(28,21-11-7-4-8-12-21)32(23)27-17-22(43-2)13-16-29(27)38/h3-14,16-17,19,24,26,28,31-32,38H,15,18H2,1-2H3/t24-,26+,28-,31-,32+,36-/m0/s1. The maximum atomic E-state index is 14.9. The molecule has 3 aromatic rings. The van der Waals surface area contributed by atoms with Gasteiger partial charge < -0.3 is 9.84 Å². The van der Waals surface area contributed by atoms with Crippen LogP contribution in [0, 0.1) is 23.7 Å². The molecule has 0 bridgehead atoms. The Balaban J connectivity index is 1.55. The second-order valence-corrected chi connectivity index (χ2v) is 11.9. The van der Waals surface area contributed by atoms with Crippen molar-refractivity contribution >= 4 is 29.0 Å². The summed E-state index contributed by atoms with van der Waals surface area (Å²) in [5.41, 5.74) is 1.51. The van der Waals surface area contributed by atoms with Crippen LogP contribution >= 0.6 is 0 Å². The maximum absolute atomic E-state index is 14.9. The number of phenolic OH excluding ortho intramolecular Hbond substituents is 1. The van der Waals surface area contributed by atoms with E-state index in [0.29, 0.717) is 34.4 Å². The molecule has 1 saturated carbocycles. The normalized spacial score (nSPS) is 29.8. The number of hydrogen-bond acceptors (Lipinski definition) is 6. The minimum absolute atomic E-state index is 0.0347. The average molecular weight is 574 g/mol. The van der Waals surface area contributed by atoms with Gasteiger partial charge in [-0.3, -0.25) is 24.1 Å². The zero-order valence-electron chi connectivity index (χ0n) is 23.9. The van der Waals surface area contributed by atoms with Crippen LogP contribution in [-0.2, 0) is 24.6 Å². The van der Waals surface area contributed by atoms with Crippen LogP contribution < -0.4 is 4.74 Å². The van der Waals surface area contributed by atoms with Gasteiger partial charge in [0.1, 0.15) is 11.5 Å². The fraction of sp³-hybridized carbons (Fsp3) is 0.278. The third-order valence-electron chi connectivity index (χ3n) is 10.1. The van der Waals surface area contributed by atoms with Gasteiger partial charge in [0.2, 0.25) is 11.8 Å². The second kappa shape index (κ2) is 9.90. The molecule has 7 rings (SSSR count). The van der Waals surface area contributed by atoms with Crippen molar-refractivity contribution in [3.05, 3.63) is 113 Å². The van der Waals surface area contributed by atoms with Gasteiger partial charge in [-0.05, 0) is 54.2 Å². The monoisotopic (exact) mass is 573 g/mol. The highest BCUT2D eigenvalue weighted by Gasteiger charge is 2.66. The van der Waals surface area contributed by atoms with E-state index in [1.165, 1.54) is 31.2 Å². The largest absolute Gasteiger partial charge is 0.508 e. The second-order valence-electron chi connectivity index (χ2n) is 11.9. The van der Waals surface area contributed by atoms with Gasteiger partial charge >= 0.3 is 0 Å². The van der Waals surface area contributed by atoms with Crippen molar-refractivity contribution in [2.75, 3.05) is 14.2 Å². The van der Waals surface area contributed by atoms with Crippen LogP contribution in [0.15, 0.2) is 96.6 Å². The van der Waals surface area contributed by atoms with Crippen LogP contribution in [0.3, 0.4) is 0 Å². The van der Waals surface area contributed by atoms with Crippen molar-refractivity contribution in [1.82, 2.24) is 4.90 Å². The number of aromatic hydroxyl groups is 1. The first kappa shape index (κ1) is 27.1. The van der Waals surface area contributed by atoms with Crippen LogP contribution in [-0.4, -0.2) is 47.5 Å². The first-order valence-corrected chi connectivity index (χ1v) is 14.6. The van der Waals surface area contributed by atoms with E-state index in [9.17, 15) is 24.3 Å². The number of methoxy groups -OCH3 is 1. The van der Waals surface area contributed by atoms with Gasteiger partial charge in [0.05, 0.1) is 24.4 Å². The lowest BCUT2D eigenvalue weighted by Gasteiger charge is -2.55. The molecule has 3 aromatic carbocycles. The average Bonchev–Trinajstić information content (AvgIpc) is 3.26. The number of likely N-dealkylation sites (tertiary alicyclic amines) is 1. The molecule has 1 heterocycles. The van der Waals surface area contributed by atoms with Gasteiger partial charge in [0.15, 0.2) is 11.6 Å². The number of ketones is 2. The summed E-state index contributed by atoms with van der Waals surface area (Å²) in [5.74, 6) is -3.72. The Morgan fingerprint density at radius 1 is 0.884 bits per heavy atom. The quantitative estimate of drug-likeness (QED) is 0.354. The van der Waals surface area contributed by atoms with Crippen molar-refractivity contribution in [1.29, 1.82) is 0 Å². The Morgan fingerprint density at radius 2 is 1.58 bits per heavy atom. The van der Waals surface area contributed by atoms with Gasteiger partial charge in [-0.1, -0.05) is 72.3 Å². The maximum Gasteiger partial charge on any atom is 0.233 e. The van der Waals surface area contributed by atoms with E-state index in [2.05, 4.69) is 0 Å². The first-order valence-electron chi connectivity index (χ1n) is 14.6. The Morgan fingerprint density at radius 3 is 2.28 bits per heavy atom. The lowest BCUT2D eigenvalue weighted by atomic mass is 9.44. The number of carbonyl (C=O) groups is 4. The van der Waals surface area contributed by atoms with Gasteiger partial charge in [0.25, 0.3) is 0 Å². The number of hydrogen-bond donors (Lipinski definition) is 1. The zero-order chi connectivity index (χ0) is 30.0. The van der Waals surface area contributed by atoms with Gasteiger partial charge in [-0.25, -0.2) is 0 Å². The number of fused-ring (bicyclic) bond motifs is 4. The zero-order valence-corrected chi connectivity index (χ0v) is 23.9. The molecular formula is C36H31NO6. The highest BCUT2D eigenvalue weighted by atomic mass is 16.5. The van der Waals surface area contributed by atoms with Crippen LogP contribution in [0.5, 0.6) is 11.5 Å². The van der Waals surface area contributed by atoms with E-state index in [0.717, 1.165) is 5.57 Å². The molecule has 4 aliphatic rings. The lowest BCUT2D eigenvalue weighted by Crippen LogP contribution is -2.58. The first-order chi connectivity index (χ1) is 20.8. The number of amides is 2. The Kier molecular flexibility index (Phi) is 6.24. The fourth-order valence-corrected chi connectivity index (χ4v) is 8.27. The van der Waals surface area contributed by atoms with E-state index >= 15 is 0 Å². The minimum Gasteiger partial charge on any atom is -0.508 e. The molecule has 2 amide bonds. The molecule has 0 unspecified atom stereocenters. The van der Waals surface area contributed by atoms with E-state index in [-0.39, 0.29) is 35.6 Å². The summed E-state index contributed by atoms with van der Waals surface area (Å²) in [6.07, 6.45) is 4.02. The predicted molar refractivity (Wildman–Crippen MR) is 159 cm³/mol. The number of Topliss-reactive ketones (excluding diaryl/α,β-unsaturated/α-hetero) is 1. The topological polar surface area (TPSA) is 101 Å². The summed E-state index contributed by atoms with van der Waals surface area (Å²) in [4.78, 5) is 57.6. The van der Waals surface area contributed by atoms with Gasteiger partial charge in [0, 0.05) is 30.0 Å². The van der Waals surface area contributed by atoms with Crippen LogP contribution in [0.1, 0.15) is 35.4 Å². The highest BCUT2D eigenvalue weighted by molar-refractivity contribution is 6.31. The van der Waals surface area contributed by atoms with Crippen molar-refractivity contribution in [3.63, 3.8) is 0 Å². The molecule has 7 nitrogen and oxygen atoms in total. The summed E-state index contributed by atoms with van der Waals surface area (Å²) in [7, 11) is 3.04. The van der Waals surface area contributed by atoms with Crippen LogP contribution in [0.4, 0.5) is 0 Å². The third-order valence-corrected chi connectivity index (χ3v) is 10.1. The van der Waals surface area contributed by atoms with Crippen LogP contribution in [0.25, 0.3) is 5.57 Å². The van der Waals surface area contributed by atoms with Crippen molar-refractivity contribution < 1.29 is 29.0 Å².